The number of fused-ring (bicyclic) bond motifs is 2. The topological polar surface area (TPSA) is 49.2 Å². The molecule has 0 aliphatic carbocycles. The van der Waals surface area contributed by atoms with Crippen LogP contribution in [0.5, 0.6) is 0 Å². The van der Waals surface area contributed by atoms with Gasteiger partial charge in [0.05, 0.1) is 22.4 Å². The number of benzene rings is 1. The van der Waals surface area contributed by atoms with Crippen LogP contribution in [0, 0.1) is 6.92 Å². The van der Waals surface area contributed by atoms with Crippen LogP contribution in [0.25, 0.3) is 16.7 Å². The van der Waals surface area contributed by atoms with Gasteiger partial charge in [-0.3, -0.25) is 4.90 Å². The number of likely N-dealkylation sites (tertiary alicyclic amines) is 1. The fourth-order valence-electron chi connectivity index (χ4n) is 4.15. The van der Waals surface area contributed by atoms with Crippen molar-refractivity contribution in [3.8, 4) is 0 Å². The number of hydrogen-bond acceptors (Lipinski definition) is 3. The first-order chi connectivity index (χ1) is 12.8. The van der Waals surface area contributed by atoms with Gasteiger partial charge in [0.15, 0.2) is 0 Å². The van der Waals surface area contributed by atoms with Crippen molar-refractivity contribution in [2.24, 2.45) is 0 Å². The molecule has 5 heteroatoms. The number of aromatic nitrogens is 4. The van der Waals surface area contributed by atoms with Crippen molar-refractivity contribution in [2.45, 2.75) is 32.2 Å². The number of nitrogens with zero attached hydrogens (tertiary/aromatic N) is 4. The predicted molar refractivity (Wildman–Crippen MR) is 103 cm³/mol. The van der Waals surface area contributed by atoms with E-state index in [0.717, 1.165) is 47.8 Å². The van der Waals surface area contributed by atoms with Crippen LogP contribution in [-0.4, -0.2) is 37.3 Å². The van der Waals surface area contributed by atoms with E-state index in [9.17, 15) is 0 Å². The lowest BCUT2D eigenvalue weighted by molar-refractivity contribution is 0.194. The number of rotatable bonds is 3. The lowest BCUT2D eigenvalue weighted by Gasteiger charge is -2.31. The van der Waals surface area contributed by atoms with Crippen LogP contribution in [0.2, 0.25) is 0 Å². The molecule has 0 radical (unpaired) electrons. The maximum Gasteiger partial charge on any atom is 0.137 e. The van der Waals surface area contributed by atoms with Crippen LogP contribution in [0.15, 0.2) is 48.7 Å². The van der Waals surface area contributed by atoms with E-state index >= 15 is 0 Å². The Hall–Kier alpha value is -2.66. The summed E-state index contributed by atoms with van der Waals surface area (Å²) in [6.07, 6.45) is 4.52. The summed E-state index contributed by atoms with van der Waals surface area (Å²) in [5.41, 5.74) is 5.66. The molecule has 1 saturated heterocycles. The summed E-state index contributed by atoms with van der Waals surface area (Å²) in [6.45, 7) is 5.23. The average molecular weight is 345 g/mol. The fourth-order valence-corrected chi connectivity index (χ4v) is 4.15. The van der Waals surface area contributed by atoms with E-state index in [2.05, 4.69) is 57.7 Å². The molecule has 26 heavy (non-hydrogen) atoms. The molecular formula is C21H23N5. The normalized spacial score (nSPS) is 18.7. The number of aryl methyl sites for hydroxylation is 1. The molecular weight excluding hydrogens is 322 g/mol. The third-order valence-corrected chi connectivity index (χ3v) is 5.50. The van der Waals surface area contributed by atoms with E-state index < -0.39 is 0 Å². The SMILES string of the molecule is Cc1nc2ccccn2c1CN1CCCC(c2nc3ccccc3[nH]2)C1. The minimum atomic E-state index is 0.468. The first kappa shape index (κ1) is 15.6. The molecule has 5 nitrogen and oxygen atoms in total. The molecule has 4 aromatic rings. The summed E-state index contributed by atoms with van der Waals surface area (Å²) in [4.78, 5) is 15.6. The Morgan fingerprint density at radius 1 is 1.12 bits per heavy atom. The first-order valence-electron chi connectivity index (χ1n) is 9.37. The number of para-hydroxylation sites is 2. The van der Waals surface area contributed by atoms with Gasteiger partial charge in [-0.1, -0.05) is 18.2 Å². The van der Waals surface area contributed by atoms with E-state index in [1.165, 1.54) is 18.5 Å². The largest absolute Gasteiger partial charge is 0.342 e. The van der Waals surface area contributed by atoms with Crippen LogP contribution >= 0.6 is 0 Å². The fraction of sp³-hybridized carbons (Fsp3) is 0.333. The zero-order chi connectivity index (χ0) is 17.5. The maximum atomic E-state index is 4.84. The van der Waals surface area contributed by atoms with Crippen LogP contribution in [0.4, 0.5) is 0 Å². The second kappa shape index (κ2) is 6.25. The van der Waals surface area contributed by atoms with Crippen molar-refractivity contribution >= 4 is 16.7 Å². The Kier molecular flexibility index (Phi) is 3.75. The van der Waals surface area contributed by atoms with Gasteiger partial charge < -0.3 is 9.38 Å². The lowest BCUT2D eigenvalue weighted by Crippen LogP contribution is -2.34. The summed E-state index contributed by atoms with van der Waals surface area (Å²) in [5, 5.41) is 0. The third-order valence-electron chi connectivity index (χ3n) is 5.50. The van der Waals surface area contributed by atoms with Gasteiger partial charge in [0.2, 0.25) is 0 Å². The van der Waals surface area contributed by atoms with Crippen LogP contribution in [0.3, 0.4) is 0 Å². The zero-order valence-electron chi connectivity index (χ0n) is 15.0. The van der Waals surface area contributed by atoms with Crippen molar-refractivity contribution in [2.75, 3.05) is 13.1 Å². The summed E-state index contributed by atoms with van der Waals surface area (Å²) < 4.78 is 2.22. The van der Waals surface area contributed by atoms with Crippen molar-refractivity contribution < 1.29 is 0 Å². The van der Waals surface area contributed by atoms with Gasteiger partial charge in [0.1, 0.15) is 11.5 Å². The Labute approximate surface area is 152 Å². The second-order valence-corrected chi connectivity index (χ2v) is 7.29. The first-order valence-corrected chi connectivity index (χ1v) is 9.37. The van der Waals surface area contributed by atoms with Gasteiger partial charge in [-0.25, -0.2) is 9.97 Å². The average Bonchev–Trinajstić information content (AvgIpc) is 3.24. The molecule has 1 N–H and O–H groups in total. The Morgan fingerprint density at radius 2 is 2.00 bits per heavy atom. The highest BCUT2D eigenvalue weighted by Gasteiger charge is 2.25. The molecule has 132 valence electrons. The summed E-state index contributed by atoms with van der Waals surface area (Å²) in [7, 11) is 0. The summed E-state index contributed by atoms with van der Waals surface area (Å²) in [6, 6.07) is 14.5. The van der Waals surface area contributed by atoms with E-state index in [1.807, 2.05) is 12.1 Å². The molecule has 1 aliphatic rings. The predicted octanol–water partition coefficient (Wildman–Crippen LogP) is 3.90. The minimum Gasteiger partial charge on any atom is -0.342 e. The van der Waals surface area contributed by atoms with E-state index in [-0.39, 0.29) is 0 Å². The van der Waals surface area contributed by atoms with Gasteiger partial charge >= 0.3 is 0 Å². The molecule has 1 atom stereocenters. The van der Waals surface area contributed by atoms with Crippen LogP contribution in [-0.2, 0) is 6.54 Å². The molecule has 1 fully saturated rings. The number of hydrogen-bond donors (Lipinski definition) is 1. The van der Waals surface area contributed by atoms with Gasteiger partial charge in [-0.05, 0) is 50.6 Å². The maximum absolute atomic E-state index is 4.84. The number of piperidine rings is 1. The third kappa shape index (κ3) is 2.69. The molecule has 1 unspecified atom stereocenters. The number of aromatic amines is 1. The standard InChI is InChI=1S/C21H23N5/c1-15-19(26-12-5-4-10-20(26)22-15)14-25-11-6-7-16(13-25)21-23-17-8-2-3-9-18(17)24-21/h2-5,8-10,12,16H,6-7,11,13-14H2,1H3,(H,23,24). The zero-order valence-corrected chi connectivity index (χ0v) is 15.0. The van der Waals surface area contributed by atoms with Gasteiger partial charge in [-0.15, -0.1) is 0 Å². The molecule has 3 aromatic heterocycles. The number of H-pyrrole nitrogens is 1. The molecule has 0 saturated carbocycles. The van der Waals surface area contributed by atoms with E-state index in [1.54, 1.807) is 0 Å². The van der Waals surface area contributed by atoms with Gasteiger partial charge in [0, 0.05) is 25.2 Å². The van der Waals surface area contributed by atoms with Crippen molar-refractivity contribution in [1.29, 1.82) is 0 Å². The van der Waals surface area contributed by atoms with Crippen molar-refractivity contribution in [3.05, 3.63) is 65.9 Å². The van der Waals surface area contributed by atoms with Crippen molar-refractivity contribution in [1.82, 2.24) is 24.3 Å². The van der Waals surface area contributed by atoms with Crippen LogP contribution in [0.1, 0.15) is 36.0 Å². The Balaban J connectivity index is 1.39. The number of imidazole rings is 2. The minimum absolute atomic E-state index is 0.468. The summed E-state index contributed by atoms with van der Waals surface area (Å²) >= 11 is 0. The van der Waals surface area contributed by atoms with Gasteiger partial charge in [-0.2, -0.15) is 0 Å². The van der Waals surface area contributed by atoms with Crippen LogP contribution < -0.4 is 0 Å². The molecule has 0 spiro atoms. The Morgan fingerprint density at radius 3 is 2.92 bits per heavy atom. The molecule has 5 rings (SSSR count). The smallest absolute Gasteiger partial charge is 0.137 e. The highest BCUT2D eigenvalue weighted by atomic mass is 15.2. The molecule has 1 aromatic carbocycles. The monoisotopic (exact) mass is 345 g/mol. The Bertz CT molecular complexity index is 1030. The molecule has 1 aliphatic heterocycles. The van der Waals surface area contributed by atoms with Crippen molar-refractivity contribution in [3.63, 3.8) is 0 Å². The number of pyridine rings is 1. The quantitative estimate of drug-likeness (QED) is 0.613. The highest BCUT2D eigenvalue weighted by Crippen LogP contribution is 2.28. The number of nitrogens with one attached hydrogen (secondary N) is 1. The summed E-state index contributed by atoms with van der Waals surface area (Å²) in [5.74, 6) is 1.60. The lowest BCUT2D eigenvalue weighted by atomic mass is 9.97. The second-order valence-electron chi connectivity index (χ2n) is 7.29. The molecule has 0 amide bonds. The van der Waals surface area contributed by atoms with Gasteiger partial charge in [0.25, 0.3) is 0 Å². The molecule has 4 heterocycles. The molecule has 0 bridgehead atoms. The van der Waals surface area contributed by atoms with E-state index in [0.29, 0.717) is 5.92 Å². The van der Waals surface area contributed by atoms with E-state index in [4.69, 9.17) is 9.97 Å². The highest BCUT2D eigenvalue weighted by molar-refractivity contribution is 5.74.